The number of aromatic nitrogens is 1. The van der Waals surface area contributed by atoms with Crippen LogP contribution in [0.1, 0.15) is 36.1 Å². The molecule has 1 aliphatic rings. The van der Waals surface area contributed by atoms with E-state index in [4.69, 9.17) is 4.74 Å². The standard InChI is InChI=1S/C27H26N2O4/c1-2-17-33-22-10-6-9-21(18-22)24-23(25(30)20-11-14-28-15-12-20)26(31)27(32)29(24)16-13-19-7-4-3-5-8-19/h3-12,14-15,18,24,30H,2,13,16-17H2,1H3. The molecule has 0 saturated carbocycles. The minimum atomic E-state index is -0.716. The van der Waals surface area contributed by atoms with Gasteiger partial charge >= 0.3 is 0 Å². The van der Waals surface area contributed by atoms with Gasteiger partial charge in [0.25, 0.3) is 11.7 Å². The molecule has 1 unspecified atom stereocenters. The molecule has 168 valence electrons. The Kier molecular flexibility index (Phi) is 6.83. The van der Waals surface area contributed by atoms with Crippen molar-refractivity contribution in [3.8, 4) is 5.75 Å². The quantitative estimate of drug-likeness (QED) is 0.315. The smallest absolute Gasteiger partial charge is 0.295 e. The minimum absolute atomic E-state index is 0.0758. The number of carbonyl (C=O) groups excluding carboxylic acids is 2. The van der Waals surface area contributed by atoms with Crippen molar-refractivity contribution < 1.29 is 19.4 Å². The molecule has 4 rings (SSSR count). The van der Waals surface area contributed by atoms with Crippen molar-refractivity contribution in [3.05, 3.63) is 101 Å². The summed E-state index contributed by atoms with van der Waals surface area (Å²) >= 11 is 0. The van der Waals surface area contributed by atoms with Gasteiger partial charge in [0.15, 0.2) is 0 Å². The fourth-order valence-electron chi connectivity index (χ4n) is 4.01. The van der Waals surface area contributed by atoms with Gasteiger partial charge in [-0.1, -0.05) is 49.4 Å². The third kappa shape index (κ3) is 4.80. The van der Waals surface area contributed by atoms with E-state index in [9.17, 15) is 14.7 Å². The Bertz CT molecular complexity index is 1160. The summed E-state index contributed by atoms with van der Waals surface area (Å²) in [4.78, 5) is 31.7. The molecule has 1 N–H and O–H groups in total. The molecule has 1 saturated heterocycles. The maximum absolute atomic E-state index is 13.1. The Morgan fingerprint density at radius 3 is 2.52 bits per heavy atom. The van der Waals surface area contributed by atoms with E-state index in [0.29, 0.717) is 36.4 Å². The first-order valence-corrected chi connectivity index (χ1v) is 11.1. The number of rotatable bonds is 8. The highest BCUT2D eigenvalue weighted by molar-refractivity contribution is 6.46. The van der Waals surface area contributed by atoms with Crippen LogP contribution in [-0.2, 0) is 16.0 Å². The largest absolute Gasteiger partial charge is 0.507 e. The molecular weight excluding hydrogens is 416 g/mol. The fourth-order valence-corrected chi connectivity index (χ4v) is 4.01. The van der Waals surface area contributed by atoms with Crippen LogP contribution in [0.3, 0.4) is 0 Å². The molecule has 2 aromatic carbocycles. The lowest BCUT2D eigenvalue weighted by Crippen LogP contribution is -2.31. The molecular formula is C27H26N2O4. The van der Waals surface area contributed by atoms with Crippen LogP contribution in [0, 0.1) is 0 Å². The zero-order valence-corrected chi connectivity index (χ0v) is 18.5. The molecule has 2 heterocycles. The molecule has 1 aliphatic heterocycles. The van der Waals surface area contributed by atoms with E-state index < -0.39 is 17.7 Å². The Labute approximate surface area is 193 Å². The van der Waals surface area contributed by atoms with Crippen LogP contribution in [-0.4, -0.2) is 39.8 Å². The highest BCUT2D eigenvalue weighted by atomic mass is 16.5. The molecule has 1 aromatic heterocycles. The number of benzene rings is 2. The van der Waals surface area contributed by atoms with E-state index >= 15 is 0 Å². The molecule has 6 heteroatoms. The maximum atomic E-state index is 13.1. The third-order valence-corrected chi connectivity index (χ3v) is 5.62. The number of ketones is 1. The van der Waals surface area contributed by atoms with Gasteiger partial charge in [-0.25, -0.2) is 0 Å². The summed E-state index contributed by atoms with van der Waals surface area (Å²) in [5.41, 5.74) is 2.29. The van der Waals surface area contributed by atoms with Gasteiger partial charge in [0, 0.05) is 24.5 Å². The fraction of sp³-hybridized carbons (Fsp3) is 0.222. The third-order valence-electron chi connectivity index (χ3n) is 5.62. The van der Waals surface area contributed by atoms with Crippen molar-refractivity contribution in [2.24, 2.45) is 0 Å². The predicted octanol–water partition coefficient (Wildman–Crippen LogP) is 4.53. The van der Waals surface area contributed by atoms with Gasteiger partial charge in [0.2, 0.25) is 0 Å². The second-order valence-electron chi connectivity index (χ2n) is 7.88. The average Bonchev–Trinajstić information content (AvgIpc) is 3.12. The molecule has 0 aliphatic carbocycles. The van der Waals surface area contributed by atoms with Gasteiger partial charge in [-0.05, 0) is 48.2 Å². The van der Waals surface area contributed by atoms with Gasteiger partial charge in [0.1, 0.15) is 11.5 Å². The number of carbonyl (C=O) groups is 2. The number of amides is 1. The van der Waals surface area contributed by atoms with E-state index in [0.717, 1.165) is 12.0 Å². The maximum Gasteiger partial charge on any atom is 0.295 e. The first-order chi connectivity index (χ1) is 16.1. The number of ether oxygens (including phenoxy) is 1. The SMILES string of the molecule is CCCOc1cccc(C2C(=C(O)c3ccncc3)C(=O)C(=O)N2CCc2ccccc2)c1. The topological polar surface area (TPSA) is 79.7 Å². The summed E-state index contributed by atoms with van der Waals surface area (Å²) in [7, 11) is 0. The summed E-state index contributed by atoms with van der Waals surface area (Å²) in [6, 6.07) is 19.7. The van der Waals surface area contributed by atoms with Crippen LogP contribution in [0.25, 0.3) is 5.76 Å². The Morgan fingerprint density at radius 2 is 1.79 bits per heavy atom. The van der Waals surface area contributed by atoms with Crippen molar-refractivity contribution in [1.82, 2.24) is 9.88 Å². The van der Waals surface area contributed by atoms with Gasteiger partial charge in [-0.15, -0.1) is 0 Å². The summed E-state index contributed by atoms with van der Waals surface area (Å²) in [6.07, 6.45) is 4.52. The molecule has 33 heavy (non-hydrogen) atoms. The van der Waals surface area contributed by atoms with Crippen LogP contribution in [0.15, 0.2) is 84.7 Å². The molecule has 1 atom stereocenters. The number of nitrogens with zero attached hydrogens (tertiary/aromatic N) is 2. The molecule has 0 radical (unpaired) electrons. The van der Waals surface area contributed by atoms with E-state index in [-0.39, 0.29) is 11.3 Å². The highest BCUT2D eigenvalue weighted by Crippen LogP contribution is 2.40. The predicted molar refractivity (Wildman–Crippen MR) is 126 cm³/mol. The average molecular weight is 443 g/mol. The van der Waals surface area contributed by atoms with Crippen LogP contribution in [0.5, 0.6) is 5.75 Å². The van der Waals surface area contributed by atoms with Crippen LogP contribution < -0.4 is 4.74 Å². The molecule has 1 amide bonds. The number of likely N-dealkylation sites (tertiary alicyclic amines) is 1. The van der Waals surface area contributed by atoms with Crippen molar-refractivity contribution in [2.75, 3.05) is 13.2 Å². The van der Waals surface area contributed by atoms with Crippen molar-refractivity contribution in [1.29, 1.82) is 0 Å². The van der Waals surface area contributed by atoms with Crippen molar-refractivity contribution in [2.45, 2.75) is 25.8 Å². The summed E-state index contributed by atoms with van der Waals surface area (Å²) < 4.78 is 5.78. The van der Waals surface area contributed by atoms with Gasteiger partial charge in [-0.2, -0.15) is 0 Å². The summed E-state index contributed by atoms with van der Waals surface area (Å²) in [6.45, 7) is 2.93. The summed E-state index contributed by atoms with van der Waals surface area (Å²) in [5, 5.41) is 11.1. The Balaban J connectivity index is 1.77. The zero-order valence-electron chi connectivity index (χ0n) is 18.5. The van der Waals surface area contributed by atoms with Crippen LogP contribution in [0.2, 0.25) is 0 Å². The van der Waals surface area contributed by atoms with E-state index in [1.54, 1.807) is 17.0 Å². The summed E-state index contributed by atoms with van der Waals surface area (Å²) in [5.74, 6) is -0.858. The lowest BCUT2D eigenvalue weighted by Gasteiger charge is -2.25. The van der Waals surface area contributed by atoms with Crippen LogP contribution >= 0.6 is 0 Å². The second-order valence-corrected chi connectivity index (χ2v) is 7.88. The number of hydrogen-bond donors (Lipinski definition) is 1. The Hall–Kier alpha value is -3.93. The number of Topliss-reactive ketones (excluding diaryl/α,β-unsaturated/α-hetero) is 1. The number of aliphatic hydroxyl groups is 1. The van der Waals surface area contributed by atoms with Crippen molar-refractivity contribution >= 4 is 17.4 Å². The normalized spacial score (nSPS) is 17.4. The number of pyridine rings is 1. The molecule has 0 spiro atoms. The monoisotopic (exact) mass is 442 g/mol. The van der Waals surface area contributed by atoms with Crippen LogP contribution in [0.4, 0.5) is 0 Å². The number of hydrogen-bond acceptors (Lipinski definition) is 5. The minimum Gasteiger partial charge on any atom is -0.507 e. The lowest BCUT2D eigenvalue weighted by atomic mass is 9.95. The zero-order chi connectivity index (χ0) is 23.2. The van der Waals surface area contributed by atoms with E-state index in [2.05, 4.69) is 4.98 Å². The molecule has 1 fully saturated rings. The van der Waals surface area contributed by atoms with Gasteiger partial charge in [0.05, 0.1) is 18.2 Å². The first-order valence-electron chi connectivity index (χ1n) is 11.1. The van der Waals surface area contributed by atoms with E-state index in [1.807, 2.05) is 61.5 Å². The second kappa shape index (κ2) is 10.1. The van der Waals surface area contributed by atoms with Crippen molar-refractivity contribution in [3.63, 3.8) is 0 Å². The molecule has 0 bridgehead atoms. The molecule has 3 aromatic rings. The highest BCUT2D eigenvalue weighted by Gasteiger charge is 2.45. The van der Waals surface area contributed by atoms with Gasteiger partial charge < -0.3 is 14.7 Å². The van der Waals surface area contributed by atoms with Gasteiger partial charge in [-0.3, -0.25) is 14.6 Å². The number of aliphatic hydroxyl groups excluding tert-OH is 1. The first kappa shape index (κ1) is 22.3. The Morgan fingerprint density at radius 1 is 1.03 bits per heavy atom. The van der Waals surface area contributed by atoms with E-state index in [1.165, 1.54) is 12.4 Å². The lowest BCUT2D eigenvalue weighted by molar-refractivity contribution is -0.139. The molecule has 6 nitrogen and oxygen atoms in total.